The Morgan fingerprint density at radius 1 is 1.47 bits per heavy atom. The van der Waals surface area contributed by atoms with Gasteiger partial charge in [-0.3, -0.25) is 4.98 Å². The molecule has 0 amide bonds. The van der Waals surface area contributed by atoms with Crippen molar-refractivity contribution in [3.05, 3.63) is 34.7 Å². The maximum atomic E-state index is 11.0. The van der Waals surface area contributed by atoms with Gasteiger partial charge in [-0.05, 0) is 13.0 Å². The van der Waals surface area contributed by atoms with Crippen LogP contribution in [-0.2, 0) is 6.61 Å². The first-order valence-corrected chi connectivity index (χ1v) is 5.70. The van der Waals surface area contributed by atoms with Gasteiger partial charge in [0.05, 0.1) is 22.2 Å². The molecular formula is C11H10N2O3S. The molecule has 0 aromatic carbocycles. The number of carbonyl (C=O) groups is 1. The fraction of sp³-hybridized carbons (Fsp3) is 0.182. The number of carboxylic acid groups (broad SMARTS) is 1. The number of aromatic nitrogens is 2. The van der Waals surface area contributed by atoms with Gasteiger partial charge in [-0.1, -0.05) is 6.07 Å². The second kappa shape index (κ2) is 4.60. The number of hydrogen-bond donors (Lipinski definition) is 2. The van der Waals surface area contributed by atoms with E-state index in [-0.39, 0.29) is 12.3 Å². The van der Waals surface area contributed by atoms with Crippen molar-refractivity contribution in [2.24, 2.45) is 0 Å². The summed E-state index contributed by atoms with van der Waals surface area (Å²) in [6.07, 6.45) is 1.55. The lowest BCUT2D eigenvalue weighted by atomic mass is 10.2. The zero-order chi connectivity index (χ0) is 12.4. The zero-order valence-electron chi connectivity index (χ0n) is 9.04. The van der Waals surface area contributed by atoms with E-state index in [1.165, 1.54) is 11.3 Å². The molecule has 2 heterocycles. The summed E-state index contributed by atoms with van der Waals surface area (Å²) in [5.74, 6) is -1.05. The number of pyridine rings is 1. The lowest BCUT2D eigenvalue weighted by Gasteiger charge is -1.99. The van der Waals surface area contributed by atoms with Crippen LogP contribution < -0.4 is 0 Å². The van der Waals surface area contributed by atoms with Crippen molar-refractivity contribution >= 4 is 17.3 Å². The molecule has 0 saturated heterocycles. The van der Waals surface area contributed by atoms with E-state index in [1.807, 2.05) is 0 Å². The molecule has 2 rings (SSSR count). The number of hydrogen-bond acceptors (Lipinski definition) is 5. The maximum absolute atomic E-state index is 11.0. The third kappa shape index (κ3) is 2.32. The van der Waals surface area contributed by atoms with Gasteiger partial charge in [-0.2, -0.15) is 0 Å². The molecule has 0 atom stereocenters. The molecule has 5 nitrogen and oxygen atoms in total. The van der Waals surface area contributed by atoms with Crippen molar-refractivity contribution < 1.29 is 15.0 Å². The lowest BCUT2D eigenvalue weighted by Crippen LogP contribution is -1.99. The minimum Gasteiger partial charge on any atom is -0.476 e. The standard InChI is InChI=1S/C11H10N2O3S/c1-6-13-9(11(15)16)10(17-6)7-2-3-8(5-14)12-4-7/h2-4,14H,5H2,1H3,(H,15,16). The fourth-order valence-corrected chi connectivity index (χ4v) is 2.32. The Kier molecular flexibility index (Phi) is 3.16. The molecule has 0 saturated carbocycles. The molecule has 0 fully saturated rings. The number of aromatic carboxylic acids is 1. The first-order valence-electron chi connectivity index (χ1n) is 4.88. The van der Waals surface area contributed by atoms with Gasteiger partial charge in [-0.15, -0.1) is 11.3 Å². The van der Waals surface area contributed by atoms with Crippen LogP contribution in [0, 0.1) is 6.92 Å². The molecule has 0 bridgehead atoms. The van der Waals surface area contributed by atoms with Gasteiger partial charge >= 0.3 is 5.97 Å². The largest absolute Gasteiger partial charge is 0.476 e. The molecule has 88 valence electrons. The molecule has 2 aromatic rings. The smallest absolute Gasteiger partial charge is 0.356 e. The van der Waals surface area contributed by atoms with Crippen LogP contribution in [0.3, 0.4) is 0 Å². The number of aliphatic hydroxyl groups is 1. The number of carboxylic acids is 1. The minimum absolute atomic E-state index is 0.0473. The zero-order valence-corrected chi connectivity index (χ0v) is 9.86. The van der Waals surface area contributed by atoms with Gasteiger partial charge in [0.1, 0.15) is 0 Å². The first-order chi connectivity index (χ1) is 8.11. The number of aliphatic hydroxyl groups excluding tert-OH is 1. The number of rotatable bonds is 3. The quantitative estimate of drug-likeness (QED) is 0.866. The van der Waals surface area contributed by atoms with Crippen molar-refractivity contribution in [3.63, 3.8) is 0 Å². The van der Waals surface area contributed by atoms with Crippen LogP contribution in [0.25, 0.3) is 10.4 Å². The van der Waals surface area contributed by atoms with Crippen LogP contribution in [0.5, 0.6) is 0 Å². The van der Waals surface area contributed by atoms with Gasteiger partial charge in [-0.25, -0.2) is 9.78 Å². The van der Waals surface area contributed by atoms with Crippen molar-refractivity contribution in [1.82, 2.24) is 9.97 Å². The Morgan fingerprint density at radius 3 is 2.76 bits per heavy atom. The number of thiazole rings is 1. The van der Waals surface area contributed by atoms with Crippen LogP contribution in [0.1, 0.15) is 21.2 Å². The van der Waals surface area contributed by atoms with E-state index in [9.17, 15) is 4.79 Å². The third-order valence-corrected chi connectivity index (χ3v) is 3.21. The van der Waals surface area contributed by atoms with Gasteiger partial charge in [0.15, 0.2) is 5.69 Å². The normalized spacial score (nSPS) is 10.5. The van der Waals surface area contributed by atoms with Crippen LogP contribution in [-0.4, -0.2) is 26.2 Å². The average Bonchev–Trinajstić information content (AvgIpc) is 2.72. The van der Waals surface area contributed by atoms with Crippen LogP contribution >= 0.6 is 11.3 Å². The molecule has 2 N–H and O–H groups in total. The van der Waals surface area contributed by atoms with E-state index in [0.29, 0.717) is 21.1 Å². The van der Waals surface area contributed by atoms with Gasteiger partial charge in [0.2, 0.25) is 0 Å². The predicted octanol–water partition coefficient (Wildman–Crippen LogP) is 1.70. The molecule has 0 aliphatic carbocycles. The van der Waals surface area contributed by atoms with Crippen molar-refractivity contribution in [2.45, 2.75) is 13.5 Å². The second-order valence-corrected chi connectivity index (χ2v) is 4.62. The topological polar surface area (TPSA) is 83.3 Å². The molecule has 17 heavy (non-hydrogen) atoms. The minimum atomic E-state index is -1.05. The SMILES string of the molecule is Cc1nc(C(=O)O)c(-c2ccc(CO)nc2)s1. The van der Waals surface area contributed by atoms with E-state index < -0.39 is 5.97 Å². The second-order valence-electron chi connectivity index (χ2n) is 3.41. The Labute approximate surface area is 101 Å². The van der Waals surface area contributed by atoms with E-state index in [2.05, 4.69) is 9.97 Å². The first kappa shape index (κ1) is 11.7. The Bertz CT molecular complexity index is 548. The highest BCUT2D eigenvalue weighted by molar-refractivity contribution is 7.15. The lowest BCUT2D eigenvalue weighted by molar-refractivity contribution is 0.0692. The van der Waals surface area contributed by atoms with E-state index in [4.69, 9.17) is 10.2 Å². The van der Waals surface area contributed by atoms with Gasteiger partial charge < -0.3 is 10.2 Å². The summed E-state index contributed by atoms with van der Waals surface area (Å²) in [4.78, 5) is 19.6. The summed E-state index contributed by atoms with van der Waals surface area (Å²) < 4.78 is 0. The monoisotopic (exact) mass is 250 g/mol. The van der Waals surface area contributed by atoms with Gasteiger partial charge in [0, 0.05) is 11.8 Å². The maximum Gasteiger partial charge on any atom is 0.356 e. The van der Waals surface area contributed by atoms with E-state index in [0.717, 1.165) is 0 Å². The molecule has 0 spiro atoms. The molecule has 0 aliphatic heterocycles. The molecule has 6 heteroatoms. The van der Waals surface area contributed by atoms with Crippen molar-refractivity contribution in [1.29, 1.82) is 0 Å². The summed E-state index contributed by atoms with van der Waals surface area (Å²) >= 11 is 1.31. The highest BCUT2D eigenvalue weighted by atomic mass is 32.1. The molecule has 2 aromatic heterocycles. The average molecular weight is 250 g/mol. The van der Waals surface area contributed by atoms with Crippen molar-refractivity contribution in [3.8, 4) is 10.4 Å². The molecular weight excluding hydrogens is 240 g/mol. The molecule has 0 unspecified atom stereocenters. The van der Waals surface area contributed by atoms with Crippen LogP contribution in [0.15, 0.2) is 18.3 Å². The van der Waals surface area contributed by atoms with E-state index in [1.54, 1.807) is 25.3 Å². The Hall–Kier alpha value is -1.79. The summed E-state index contributed by atoms with van der Waals surface area (Å²) in [6.45, 7) is 1.63. The summed E-state index contributed by atoms with van der Waals surface area (Å²) in [5.41, 5.74) is 1.29. The Morgan fingerprint density at radius 2 is 2.24 bits per heavy atom. The molecule has 0 aliphatic rings. The fourth-order valence-electron chi connectivity index (χ4n) is 1.42. The predicted molar refractivity (Wildman–Crippen MR) is 63.0 cm³/mol. The summed E-state index contributed by atoms with van der Waals surface area (Å²) in [7, 11) is 0. The van der Waals surface area contributed by atoms with Crippen LogP contribution in [0.4, 0.5) is 0 Å². The van der Waals surface area contributed by atoms with Crippen molar-refractivity contribution in [2.75, 3.05) is 0 Å². The van der Waals surface area contributed by atoms with Crippen LogP contribution in [0.2, 0.25) is 0 Å². The number of aryl methyl sites for hydroxylation is 1. The Balaban J connectivity index is 2.48. The highest BCUT2D eigenvalue weighted by Crippen LogP contribution is 2.29. The third-order valence-electron chi connectivity index (χ3n) is 2.19. The van der Waals surface area contributed by atoms with E-state index >= 15 is 0 Å². The number of nitrogens with zero attached hydrogens (tertiary/aromatic N) is 2. The highest BCUT2D eigenvalue weighted by Gasteiger charge is 2.17. The summed E-state index contributed by atoms with van der Waals surface area (Å²) in [5, 5.41) is 18.6. The molecule has 0 radical (unpaired) electrons. The van der Waals surface area contributed by atoms with Gasteiger partial charge in [0.25, 0.3) is 0 Å². The summed E-state index contributed by atoms with van der Waals surface area (Å²) in [6, 6.07) is 3.40.